The van der Waals surface area contributed by atoms with E-state index in [0.717, 1.165) is 19.9 Å². The van der Waals surface area contributed by atoms with Crippen LogP contribution in [0.3, 0.4) is 0 Å². The van der Waals surface area contributed by atoms with Crippen molar-refractivity contribution in [2.45, 2.75) is 11.4 Å². The third-order valence-corrected chi connectivity index (χ3v) is 6.73. The SMILES string of the molecule is O=C(CN(Cc1ccccc1)S(=O)(=O)c1ccccc1)N/N=C\c1ccccc1Br. The molecule has 3 aromatic rings. The summed E-state index contributed by atoms with van der Waals surface area (Å²) in [5.74, 6) is -0.534. The molecule has 0 heterocycles. The minimum absolute atomic E-state index is 0.0689. The molecule has 3 rings (SSSR count). The lowest BCUT2D eigenvalue weighted by molar-refractivity contribution is -0.121. The summed E-state index contributed by atoms with van der Waals surface area (Å²) in [5.41, 5.74) is 3.97. The fraction of sp³-hybridized carbons (Fsp3) is 0.0909. The number of nitrogens with zero attached hydrogens (tertiary/aromatic N) is 2. The molecule has 0 aliphatic heterocycles. The van der Waals surface area contributed by atoms with Gasteiger partial charge in [0.1, 0.15) is 0 Å². The van der Waals surface area contributed by atoms with Gasteiger partial charge in [0.05, 0.1) is 17.7 Å². The third-order valence-electron chi connectivity index (χ3n) is 4.20. The van der Waals surface area contributed by atoms with Crippen molar-refractivity contribution in [3.8, 4) is 0 Å². The number of amides is 1. The van der Waals surface area contributed by atoms with Crippen molar-refractivity contribution in [3.63, 3.8) is 0 Å². The molecular weight excluding hydrogens is 466 g/mol. The van der Waals surface area contributed by atoms with Crippen LogP contribution in [0.2, 0.25) is 0 Å². The highest BCUT2D eigenvalue weighted by molar-refractivity contribution is 9.10. The Hall–Kier alpha value is -2.81. The maximum atomic E-state index is 13.1. The summed E-state index contributed by atoms with van der Waals surface area (Å²) < 4.78 is 28.2. The van der Waals surface area contributed by atoms with Crippen molar-refractivity contribution in [2.75, 3.05) is 6.54 Å². The molecule has 30 heavy (non-hydrogen) atoms. The first-order valence-electron chi connectivity index (χ1n) is 9.12. The first-order chi connectivity index (χ1) is 14.5. The molecule has 0 saturated carbocycles. The van der Waals surface area contributed by atoms with Crippen molar-refractivity contribution in [1.29, 1.82) is 0 Å². The number of hydrogen-bond acceptors (Lipinski definition) is 4. The van der Waals surface area contributed by atoms with E-state index < -0.39 is 15.9 Å². The lowest BCUT2D eigenvalue weighted by Crippen LogP contribution is -2.39. The van der Waals surface area contributed by atoms with E-state index in [2.05, 4.69) is 26.5 Å². The molecule has 3 aromatic carbocycles. The summed E-state index contributed by atoms with van der Waals surface area (Å²) >= 11 is 3.40. The number of sulfonamides is 1. The highest BCUT2D eigenvalue weighted by atomic mass is 79.9. The highest BCUT2D eigenvalue weighted by Gasteiger charge is 2.26. The fourth-order valence-electron chi connectivity index (χ4n) is 2.70. The predicted molar refractivity (Wildman–Crippen MR) is 120 cm³/mol. The van der Waals surface area contributed by atoms with Gasteiger partial charge in [0.15, 0.2) is 0 Å². The van der Waals surface area contributed by atoms with Gasteiger partial charge in [-0.15, -0.1) is 0 Å². The lowest BCUT2D eigenvalue weighted by Gasteiger charge is -2.21. The molecule has 1 amide bonds. The molecule has 8 heteroatoms. The molecule has 0 atom stereocenters. The number of carbonyl (C=O) groups excluding carboxylic acids is 1. The van der Waals surface area contributed by atoms with Crippen LogP contribution < -0.4 is 5.43 Å². The van der Waals surface area contributed by atoms with Gasteiger partial charge in [-0.2, -0.15) is 9.41 Å². The molecule has 0 aliphatic rings. The van der Waals surface area contributed by atoms with Crippen molar-refractivity contribution in [1.82, 2.24) is 9.73 Å². The number of carbonyl (C=O) groups is 1. The van der Waals surface area contributed by atoms with Crippen molar-refractivity contribution < 1.29 is 13.2 Å². The molecule has 6 nitrogen and oxygen atoms in total. The van der Waals surface area contributed by atoms with Gasteiger partial charge in [0.2, 0.25) is 10.0 Å². The fourth-order valence-corrected chi connectivity index (χ4v) is 4.50. The second-order valence-electron chi connectivity index (χ2n) is 6.39. The van der Waals surface area contributed by atoms with E-state index in [0.29, 0.717) is 0 Å². The van der Waals surface area contributed by atoms with E-state index in [4.69, 9.17) is 0 Å². The van der Waals surface area contributed by atoms with E-state index >= 15 is 0 Å². The Morgan fingerprint density at radius 1 is 0.933 bits per heavy atom. The molecule has 0 saturated heterocycles. The normalized spacial score (nSPS) is 11.7. The van der Waals surface area contributed by atoms with E-state index in [1.807, 2.05) is 54.6 Å². The van der Waals surface area contributed by atoms with Crippen LogP contribution in [0, 0.1) is 0 Å². The molecule has 0 unspecified atom stereocenters. The number of hydrazone groups is 1. The van der Waals surface area contributed by atoms with Crippen molar-refractivity contribution >= 4 is 38.1 Å². The Balaban J connectivity index is 1.76. The van der Waals surface area contributed by atoms with Crippen molar-refractivity contribution in [3.05, 3.63) is 101 Å². The van der Waals surface area contributed by atoms with E-state index in [-0.39, 0.29) is 18.0 Å². The average molecular weight is 486 g/mol. The van der Waals surface area contributed by atoms with Crippen LogP contribution in [-0.4, -0.2) is 31.4 Å². The molecule has 154 valence electrons. The quantitative estimate of drug-likeness (QED) is 0.389. The van der Waals surface area contributed by atoms with E-state index in [1.54, 1.807) is 18.2 Å². The Kier molecular flexibility index (Phi) is 7.51. The number of rotatable bonds is 8. The molecule has 0 aliphatic carbocycles. The van der Waals surface area contributed by atoms with Crippen molar-refractivity contribution in [2.24, 2.45) is 5.10 Å². The zero-order chi connectivity index (χ0) is 21.4. The summed E-state index contributed by atoms with van der Waals surface area (Å²) in [6.07, 6.45) is 1.50. The van der Waals surface area contributed by atoms with Crippen LogP contribution in [0.4, 0.5) is 0 Å². The van der Waals surface area contributed by atoms with Crippen LogP contribution in [0.5, 0.6) is 0 Å². The smallest absolute Gasteiger partial charge is 0.255 e. The Morgan fingerprint density at radius 2 is 1.53 bits per heavy atom. The zero-order valence-corrected chi connectivity index (χ0v) is 18.4. The monoisotopic (exact) mass is 485 g/mol. The third kappa shape index (κ3) is 5.85. The van der Waals surface area contributed by atoms with Gasteiger partial charge in [0.25, 0.3) is 5.91 Å². The molecule has 1 N–H and O–H groups in total. The second-order valence-corrected chi connectivity index (χ2v) is 9.18. The largest absolute Gasteiger partial charge is 0.272 e. The molecule has 0 fully saturated rings. The number of hydrogen-bond donors (Lipinski definition) is 1. The summed E-state index contributed by atoms with van der Waals surface area (Å²) in [6, 6.07) is 24.6. The average Bonchev–Trinajstić information content (AvgIpc) is 2.76. The molecular formula is C22H20BrN3O3S. The summed E-state index contributed by atoms with van der Waals surface area (Å²) in [7, 11) is -3.87. The van der Waals surface area contributed by atoms with E-state index in [1.165, 1.54) is 18.3 Å². The van der Waals surface area contributed by atoms with Gasteiger partial charge in [-0.25, -0.2) is 13.8 Å². The lowest BCUT2D eigenvalue weighted by atomic mass is 10.2. The summed E-state index contributed by atoms with van der Waals surface area (Å²) in [6.45, 7) is -0.293. The Labute approximate surface area is 184 Å². The maximum absolute atomic E-state index is 13.1. The zero-order valence-electron chi connectivity index (χ0n) is 16.0. The van der Waals surface area contributed by atoms with Crippen LogP contribution in [-0.2, 0) is 21.4 Å². The van der Waals surface area contributed by atoms with Crippen LogP contribution >= 0.6 is 15.9 Å². The molecule has 0 radical (unpaired) electrons. The van der Waals surface area contributed by atoms with Gasteiger partial charge in [0, 0.05) is 16.6 Å². The van der Waals surface area contributed by atoms with Gasteiger partial charge in [-0.05, 0) is 23.8 Å². The van der Waals surface area contributed by atoms with Gasteiger partial charge in [-0.1, -0.05) is 82.7 Å². The molecule has 0 bridgehead atoms. The number of benzene rings is 3. The Morgan fingerprint density at radius 3 is 2.20 bits per heavy atom. The highest BCUT2D eigenvalue weighted by Crippen LogP contribution is 2.18. The minimum Gasteiger partial charge on any atom is -0.272 e. The minimum atomic E-state index is -3.87. The first kappa shape index (κ1) is 21.9. The molecule has 0 aromatic heterocycles. The first-order valence-corrected chi connectivity index (χ1v) is 11.4. The van der Waals surface area contributed by atoms with Crippen LogP contribution in [0.15, 0.2) is 99.4 Å². The topological polar surface area (TPSA) is 78.8 Å². The van der Waals surface area contributed by atoms with Gasteiger partial charge < -0.3 is 0 Å². The summed E-state index contributed by atoms with van der Waals surface area (Å²) in [5, 5.41) is 3.94. The van der Waals surface area contributed by atoms with Gasteiger partial charge in [-0.3, -0.25) is 4.79 Å². The predicted octanol–water partition coefficient (Wildman–Crippen LogP) is 3.79. The number of halogens is 1. The number of nitrogens with one attached hydrogen (secondary N) is 1. The summed E-state index contributed by atoms with van der Waals surface area (Å²) in [4.78, 5) is 12.6. The van der Waals surface area contributed by atoms with Crippen LogP contribution in [0.1, 0.15) is 11.1 Å². The van der Waals surface area contributed by atoms with Crippen LogP contribution in [0.25, 0.3) is 0 Å². The van der Waals surface area contributed by atoms with E-state index in [9.17, 15) is 13.2 Å². The standard InChI is InChI=1S/C22H20BrN3O3S/c23-21-14-8-7-11-19(21)15-24-25-22(27)17-26(16-18-9-3-1-4-10-18)30(28,29)20-12-5-2-6-13-20/h1-15H,16-17H2,(H,25,27)/b24-15-. The Bertz CT molecular complexity index is 1120. The van der Waals surface area contributed by atoms with Gasteiger partial charge >= 0.3 is 0 Å². The second kappa shape index (κ2) is 10.3. The molecule has 0 spiro atoms. The maximum Gasteiger partial charge on any atom is 0.255 e.